The summed E-state index contributed by atoms with van der Waals surface area (Å²) in [4.78, 5) is 15.1. The highest BCUT2D eigenvalue weighted by atomic mass is 16.5. The lowest BCUT2D eigenvalue weighted by Crippen LogP contribution is -2.66. The van der Waals surface area contributed by atoms with Crippen LogP contribution >= 0.6 is 0 Å². The predicted molar refractivity (Wildman–Crippen MR) is 115 cm³/mol. The Labute approximate surface area is 176 Å². The van der Waals surface area contributed by atoms with Gasteiger partial charge in [0.25, 0.3) is 0 Å². The van der Waals surface area contributed by atoms with Gasteiger partial charge >= 0.3 is 6.01 Å². The molecule has 5 rings (SSSR count). The lowest BCUT2D eigenvalue weighted by molar-refractivity contribution is -0.127. The summed E-state index contributed by atoms with van der Waals surface area (Å²) in [5.41, 5.74) is 4.00. The van der Waals surface area contributed by atoms with Crippen LogP contribution < -0.4 is 9.64 Å². The molecule has 0 unspecified atom stereocenters. The molecule has 6 nitrogen and oxygen atoms in total. The molecule has 3 aromatic rings. The largest absolute Gasteiger partial charge is 0.424 e. The summed E-state index contributed by atoms with van der Waals surface area (Å²) >= 11 is 0. The average Bonchev–Trinajstić information content (AvgIpc) is 2.67. The molecular formula is C24H26N4O2. The van der Waals surface area contributed by atoms with Crippen LogP contribution in [0, 0.1) is 12.3 Å². The molecule has 6 heteroatoms. The molecule has 2 saturated heterocycles. The fraction of sp³-hybridized carbons (Fsp3) is 0.375. The number of aromatic nitrogens is 3. The second-order valence-corrected chi connectivity index (χ2v) is 9.03. The summed E-state index contributed by atoms with van der Waals surface area (Å²) in [5.74, 6) is 1.37. The van der Waals surface area contributed by atoms with Crippen LogP contribution in [0.2, 0.25) is 0 Å². The minimum Gasteiger partial charge on any atom is -0.424 e. The maximum atomic E-state index is 5.91. The predicted octanol–water partition coefficient (Wildman–Crippen LogP) is 4.13. The first kappa shape index (κ1) is 19.0. The van der Waals surface area contributed by atoms with E-state index in [4.69, 9.17) is 9.47 Å². The molecule has 0 amide bonds. The summed E-state index contributed by atoms with van der Waals surface area (Å²) in [6.45, 7) is 10.1. The zero-order chi connectivity index (χ0) is 20.8. The molecule has 2 aliphatic rings. The van der Waals surface area contributed by atoms with E-state index in [2.05, 4.69) is 77.0 Å². The number of hydrogen-bond acceptors (Lipinski definition) is 6. The third kappa shape index (κ3) is 3.41. The van der Waals surface area contributed by atoms with Gasteiger partial charge in [-0.05, 0) is 30.2 Å². The Hall–Kier alpha value is -2.99. The first-order chi connectivity index (χ1) is 14.4. The summed E-state index contributed by atoms with van der Waals surface area (Å²) < 4.78 is 11.2. The number of rotatable bonds is 5. The highest BCUT2D eigenvalue weighted by Crippen LogP contribution is 2.39. The smallest absolute Gasteiger partial charge is 0.326 e. The van der Waals surface area contributed by atoms with Gasteiger partial charge in [-0.1, -0.05) is 55.8 Å². The second-order valence-electron chi connectivity index (χ2n) is 9.03. The second kappa shape index (κ2) is 7.06. The van der Waals surface area contributed by atoms with Gasteiger partial charge in [0.05, 0.1) is 18.6 Å². The first-order valence-electron chi connectivity index (χ1n) is 10.3. The SMILES string of the molecule is Cc1ccc(C(C)(C)c2ccc(Oc3ncnc(N4CC5(COC5)C4)n3)cc2)cc1. The zero-order valence-electron chi connectivity index (χ0n) is 17.6. The maximum Gasteiger partial charge on any atom is 0.326 e. The monoisotopic (exact) mass is 402 g/mol. The molecule has 1 aromatic heterocycles. The lowest BCUT2D eigenvalue weighted by Gasteiger charge is -2.54. The normalized spacial score (nSPS) is 17.4. The summed E-state index contributed by atoms with van der Waals surface area (Å²) in [7, 11) is 0. The van der Waals surface area contributed by atoms with Crippen LogP contribution in [0.3, 0.4) is 0 Å². The molecule has 0 bridgehead atoms. The van der Waals surface area contributed by atoms with Gasteiger partial charge in [0.1, 0.15) is 12.1 Å². The molecule has 2 aliphatic heterocycles. The number of aryl methyl sites for hydroxylation is 1. The van der Waals surface area contributed by atoms with Gasteiger partial charge in [-0.15, -0.1) is 0 Å². The van der Waals surface area contributed by atoms with E-state index in [0.29, 0.717) is 23.1 Å². The Balaban J connectivity index is 1.28. The highest BCUT2D eigenvalue weighted by molar-refractivity contribution is 5.42. The zero-order valence-corrected chi connectivity index (χ0v) is 17.6. The van der Waals surface area contributed by atoms with Crippen molar-refractivity contribution in [3.05, 3.63) is 71.5 Å². The Bertz CT molecular complexity index is 1040. The summed E-state index contributed by atoms with van der Waals surface area (Å²) in [6, 6.07) is 17.2. The number of hydrogen-bond donors (Lipinski definition) is 0. The van der Waals surface area contributed by atoms with Gasteiger partial charge in [0.15, 0.2) is 0 Å². The Morgan fingerprint density at radius 2 is 1.57 bits per heavy atom. The standard InChI is InChI=1S/C24H26N4O2/c1-17-4-6-18(7-5-17)23(2,3)19-8-10-20(11-9-19)30-22-26-16-25-21(27-22)28-12-24(13-28)14-29-15-24/h4-11,16H,12-15H2,1-3H3. The van der Waals surface area contributed by atoms with Gasteiger partial charge in [-0.25, -0.2) is 4.98 Å². The molecule has 0 N–H and O–H groups in total. The molecule has 0 aliphatic carbocycles. The van der Waals surface area contributed by atoms with Crippen molar-refractivity contribution in [2.24, 2.45) is 5.41 Å². The van der Waals surface area contributed by atoms with E-state index in [1.165, 1.54) is 23.0 Å². The minimum absolute atomic E-state index is 0.0920. The van der Waals surface area contributed by atoms with E-state index in [1.54, 1.807) is 0 Å². The average molecular weight is 402 g/mol. The van der Waals surface area contributed by atoms with E-state index < -0.39 is 0 Å². The van der Waals surface area contributed by atoms with Crippen molar-refractivity contribution in [2.75, 3.05) is 31.2 Å². The van der Waals surface area contributed by atoms with Crippen molar-refractivity contribution in [3.8, 4) is 11.8 Å². The van der Waals surface area contributed by atoms with E-state index in [9.17, 15) is 0 Å². The highest BCUT2D eigenvalue weighted by Gasteiger charge is 2.50. The van der Waals surface area contributed by atoms with Crippen molar-refractivity contribution in [3.63, 3.8) is 0 Å². The van der Waals surface area contributed by atoms with Crippen LogP contribution in [0.1, 0.15) is 30.5 Å². The van der Waals surface area contributed by atoms with Crippen LogP contribution in [0.5, 0.6) is 11.8 Å². The van der Waals surface area contributed by atoms with Crippen LogP contribution in [0.4, 0.5) is 5.95 Å². The molecule has 0 saturated carbocycles. The van der Waals surface area contributed by atoms with Crippen molar-refractivity contribution >= 4 is 5.95 Å². The molecule has 0 atom stereocenters. The van der Waals surface area contributed by atoms with Gasteiger partial charge in [0, 0.05) is 18.5 Å². The molecule has 0 radical (unpaired) electrons. The maximum absolute atomic E-state index is 5.91. The fourth-order valence-corrected chi connectivity index (χ4v) is 4.13. The third-order valence-corrected chi connectivity index (χ3v) is 6.25. The molecular weight excluding hydrogens is 376 g/mol. The molecule has 3 heterocycles. The topological polar surface area (TPSA) is 60.4 Å². The van der Waals surface area contributed by atoms with Crippen molar-refractivity contribution < 1.29 is 9.47 Å². The number of ether oxygens (including phenoxy) is 2. The van der Waals surface area contributed by atoms with Crippen LogP contribution in [0.15, 0.2) is 54.9 Å². The van der Waals surface area contributed by atoms with Crippen molar-refractivity contribution in [1.29, 1.82) is 0 Å². The van der Waals surface area contributed by atoms with Gasteiger partial charge < -0.3 is 14.4 Å². The van der Waals surface area contributed by atoms with E-state index in [-0.39, 0.29) is 5.41 Å². The summed E-state index contributed by atoms with van der Waals surface area (Å²) in [6.07, 6.45) is 1.51. The number of benzene rings is 2. The Morgan fingerprint density at radius 3 is 2.17 bits per heavy atom. The molecule has 154 valence electrons. The van der Waals surface area contributed by atoms with Crippen molar-refractivity contribution in [2.45, 2.75) is 26.2 Å². The molecule has 2 aromatic carbocycles. The van der Waals surface area contributed by atoms with Crippen LogP contribution in [-0.2, 0) is 10.2 Å². The quantitative estimate of drug-likeness (QED) is 0.639. The van der Waals surface area contributed by atoms with Gasteiger partial charge in [-0.2, -0.15) is 9.97 Å². The lowest BCUT2D eigenvalue weighted by atomic mass is 9.78. The molecule has 2 fully saturated rings. The summed E-state index contributed by atoms with van der Waals surface area (Å²) in [5, 5.41) is 0. The number of nitrogens with zero attached hydrogens (tertiary/aromatic N) is 4. The van der Waals surface area contributed by atoms with Crippen LogP contribution in [0.25, 0.3) is 0 Å². The third-order valence-electron chi connectivity index (χ3n) is 6.25. The molecule has 1 spiro atoms. The Kier molecular flexibility index (Phi) is 4.47. The number of anilines is 1. The van der Waals surface area contributed by atoms with Crippen LogP contribution in [-0.4, -0.2) is 41.3 Å². The van der Waals surface area contributed by atoms with Gasteiger partial charge in [0.2, 0.25) is 5.95 Å². The fourth-order valence-electron chi connectivity index (χ4n) is 4.13. The minimum atomic E-state index is -0.0920. The van der Waals surface area contributed by atoms with E-state index in [0.717, 1.165) is 26.3 Å². The van der Waals surface area contributed by atoms with Gasteiger partial charge in [-0.3, -0.25) is 0 Å². The Morgan fingerprint density at radius 1 is 0.933 bits per heavy atom. The van der Waals surface area contributed by atoms with E-state index >= 15 is 0 Å². The van der Waals surface area contributed by atoms with E-state index in [1.807, 2.05) is 12.1 Å². The molecule has 30 heavy (non-hydrogen) atoms. The first-order valence-corrected chi connectivity index (χ1v) is 10.3. The van der Waals surface area contributed by atoms with Crippen molar-refractivity contribution in [1.82, 2.24) is 15.0 Å².